The van der Waals surface area contributed by atoms with Crippen LogP contribution in [0.3, 0.4) is 0 Å². The molecule has 0 aliphatic carbocycles. The molecular weight excluding hydrogens is 238 g/mol. The van der Waals surface area contributed by atoms with E-state index in [0.29, 0.717) is 0 Å². The SMILES string of the molecule is Cc1cc(C)c(N2CC(C)C2)c(Br)c1. The molecule has 1 aliphatic rings. The number of hydrogen-bond donors (Lipinski definition) is 0. The zero-order chi connectivity index (χ0) is 10.3. The first-order chi connectivity index (χ1) is 6.58. The van der Waals surface area contributed by atoms with Crippen molar-refractivity contribution in [1.29, 1.82) is 0 Å². The fourth-order valence-corrected chi connectivity index (χ4v) is 3.11. The van der Waals surface area contributed by atoms with Gasteiger partial charge in [-0.2, -0.15) is 0 Å². The van der Waals surface area contributed by atoms with Crippen LogP contribution in [0.5, 0.6) is 0 Å². The van der Waals surface area contributed by atoms with E-state index in [1.807, 2.05) is 0 Å². The molecule has 0 amide bonds. The van der Waals surface area contributed by atoms with E-state index < -0.39 is 0 Å². The zero-order valence-corrected chi connectivity index (χ0v) is 10.6. The Hall–Kier alpha value is -0.500. The molecule has 0 atom stereocenters. The predicted molar refractivity (Wildman–Crippen MR) is 65.0 cm³/mol. The predicted octanol–water partition coefficient (Wildman–Crippen LogP) is 3.52. The van der Waals surface area contributed by atoms with E-state index >= 15 is 0 Å². The van der Waals surface area contributed by atoms with Gasteiger partial charge in [0.15, 0.2) is 0 Å². The van der Waals surface area contributed by atoms with Gasteiger partial charge in [-0.05, 0) is 52.9 Å². The van der Waals surface area contributed by atoms with Gasteiger partial charge < -0.3 is 4.90 Å². The van der Waals surface area contributed by atoms with Crippen molar-refractivity contribution in [3.63, 3.8) is 0 Å². The van der Waals surface area contributed by atoms with E-state index in [9.17, 15) is 0 Å². The number of rotatable bonds is 1. The molecule has 76 valence electrons. The minimum absolute atomic E-state index is 0.850. The molecule has 0 spiro atoms. The van der Waals surface area contributed by atoms with Crippen LogP contribution >= 0.6 is 15.9 Å². The molecule has 1 aliphatic heterocycles. The van der Waals surface area contributed by atoms with Crippen molar-refractivity contribution in [2.75, 3.05) is 18.0 Å². The normalized spacial score (nSPS) is 17.0. The highest BCUT2D eigenvalue weighted by molar-refractivity contribution is 9.10. The second-order valence-electron chi connectivity index (χ2n) is 4.42. The van der Waals surface area contributed by atoms with Crippen molar-refractivity contribution in [3.05, 3.63) is 27.7 Å². The molecule has 1 fully saturated rings. The topological polar surface area (TPSA) is 3.24 Å². The van der Waals surface area contributed by atoms with Gasteiger partial charge in [0, 0.05) is 17.6 Å². The number of benzene rings is 1. The van der Waals surface area contributed by atoms with Gasteiger partial charge in [-0.25, -0.2) is 0 Å². The summed E-state index contributed by atoms with van der Waals surface area (Å²) < 4.78 is 1.24. The smallest absolute Gasteiger partial charge is 0.0540 e. The molecule has 0 N–H and O–H groups in total. The minimum atomic E-state index is 0.850. The molecule has 0 aromatic heterocycles. The third-order valence-corrected chi connectivity index (χ3v) is 3.38. The summed E-state index contributed by atoms with van der Waals surface area (Å²) >= 11 is 3.65. The number of hydrogen-bond acceptors (Lipinski definition) is 1. The van der Waals surface area contributed by atoms with Crippen molar-refractivity contribution >= 4 is 21.6 Å². The number of anilines is 1. The van der Waals surface area contributed by atoms with Gasteiger partial charge in [0.2, 0.25) is 0 Å². The molecule has 0 bridgehead atoms. The first-order valence-corrected chi connectivity index (χ1v) is 5.89. The van der Waals surface area contributed by atoms with Crippen molar-refractivity contribution in [2.45, 2.75) is 20.8 Å². The Labute approximate surface area is 94.2 Å². The Balaban J connectivity index is 2.33. The minimum Gasteiger partial charge on any atom is -0.370 e. The maximum atomic E-state index is 3.65. The molecule has 1 saturated heterocycles. The highest BCUT2D eigenvalue weighted by Crippen LogP contribution is 2.35. The molecule has 1 heterocycles. The van der Waals surface area contributed by atoms with Crippen molar-refractivity contribution in [2.24, 2.45) is 5.92 Å². The highest BCUT2D eigenvalue weighted by atomic mass is 79.9. The van der Waals surface area contributed by atoms with Crippen LogP contribution < -0.4 is 4.90 Å². The van der Waals surface area contributed by atoms with Crippen LogP contribution in [0.25, 0.3) is 0 Å². The first-order valence-electron chi connectivity index (χ1n) is 5.09. The van der Waals surface area contributed by atoms with E-state index in [1.54, 1.807) is 0 Å². The van der Waals surface area contributed by atoms with E-state index in [0.717, 1.165) is 5.92 Å². The van der Waals surface area contributed by atoms with Crippen LogP contribution in [0.4, 0.5) is 5.69 Å². The summed E-state index contributed by atoms with van der Waals surface area (Å²) in [6.45, 7) is 9.02. The monoisotopic (exact) mass is 253 g/mol. The maximum Gasteiger partial charge on any atom is 0.0540 e. The molecule has 2 heteroatoms. The third kappa shape index (κ3) is 1.68. The Kier molecular flexibility index (Phi) is 2.56. The van der Waals surface area contributed by atoms with Gasteiger partial charge in [0.1, 0.15) is 0 Å². The van der Waals surface area contributed by atoms with Crippen molar-refractivity contribution < 1.29 is 0 Å². The molecule has 0 radical (unpaired) electrons. The summed E-state index contributed by atoms with van der Waals surface area (Å²) in [5, 5.41) is 0. The van der Waals surface area contributed by atoms with Crippen molar-refractivity contribution in [3.8, 4) is 0 Å². The van der Waals surface area contributed by atoms with Crippen LogP contribution in [0.2, 0.25) is 0 Å². The lowest BCUT2D eigenvalue weighted by Crippen LogP contribution is -2.45. The molecule has 1 aromatic carbocycles. The summed E-state index contributed by atoms with van der Waals surface area (Å²) in [4.78, 5) is 2.45. The quantitative estimate of drug-likeness (QED) is 0.741. The van der Waals surface area contributed by atoms with Crippen LogP contribution in [0, 0.1) is 19.8 Å². The van der Waals surface area contributed by atoms with Crippen LogP contribution in [0.15, 0.2) is 16.6 Å². The van der Waals surface area contributed by atoms with Gasteiger partial charge in [0.25, 0.3) is 0 Å². The maximum absolute atomic E-state index is 3.65. The van der Waals surface area contributed by atoms with E-state index in [4.69, 9.17) is 0 Å². The van der Waals surface area contributed by atoms with E-state index in [1.165, 1.54) is 34.4 Å². The Bertz CT molecular complexity index is 330. The van der Waals surface area contributed by atoms with E-state index in [-0.39, 0.29) is 0 Å². The van der Waals surface area contributed by atoms with Crippen LogP contribution in [-0.4, -0.2) is 13.1 Å². The zero-order valence-electron chi connectivity index (χ0n) is 8.97. The Morgan fingerprint density at radius 1 is 1.29 bits per heavy atom. The number of aryl methyl sites for hydroxylation is 2. The van der Waals surface area contributed by atoms with Gasteiger partial charge in [-0.15, -0.1) is 0 Å². The van der Waals surface area contributed by atoms with Gasteiger partial charge in [-0.3, -0.25) is 0 Å². The summed E-state index contributed by atoms with van der Waals surface area (Å²) in [5.41, 5.74) is 4.09. The first kappa shape index (κ1) is 10.0. The largest absolute Gasteiger partial charge is 0.370 e. The molecule has 0 saturated carbocycles. The molecule has 1 nitrogen and oxygen atoms in total. The summed E-state index contributed by atoms with van der Waals surface area (Å²) in [6, 6.07) is 4.45. The molecule has 0 unspecified atom stereocenters. The lowest BCUT2D eigenvalue weighted by Gasteiger charge is -2.40. The van der Waals surface area contributed by atoms with Gasteiger partial charge in [-0.1, -0.05) is 13.0 Å². The molecule has 14 heavy (non-hydrogen) atoms. The third-order valence-electron chi connectivity index (χ3n) is 2.78. The van der Waals surface area contributed by atoms with E-state index in [2.05, 4.69) is 53.7 Å². The summed E-state index contributed by atoms with van der Waals surface area (Å²) in [5.74, 6) is 0.850. The average Bonchev–Trinajstić information content (AvgIpc) is 1.99. The lowest BCUT2D eigenvalue weighted by atomic mass is 9.99. The molecule has 2 rings (SSSR count). The average molecular weight is 254 g/mol. The molecule has 1 aromatic rings. The second-order valence-corrected chi connectivity index (χ2v) is 5.28. The van der Waals surface area contributed by atoms with Crippen molar-refractivity contribution in [1.82, 2.24) is 0 Å². The second kappa shape index (κ2) is 3.58. The molecular formula is C12H16BrN. The Morgan fingerprint density at radius 3 is 2.43 bits per heavy atom. The summed E-state index contributed by atoms with van der Waals surface area (Å²) in [6.07, 6.45) is 0. The van der Waals surface area contributed by atoms with Crippen LogP contribution in [-0.2, 0) is 0 Å². The Morgan fingerprint density at radius 2 is 1.93 bits per heavy atom. The van der Waals surface area contributed by atoms with Gasteiger partial charge >= 0.3 is 0 Å². The lowest BCUT2D eigenvalue weighted by molar-refractivity contribution is 0.446. The number of nitrogens with zero attached hydrogens (tertiary/aromatic N) is 1. The fourth-order valence-electron chi connectivity index (χ4n) is 2.19. The summed E-state index contributed by atoms with van der Waals surface area (Å²) in [7, 11) is 0. The van der Waals surface area contributed by atoms with Gasteiger partial charge in [0.05, 0.1) is 5.69 Å². The number of halogens is 1. The van der Waals surface area contributed by atoms with Crippen LogP contribution in [0.1, 0.15) is 18.1 Å². The fraction of sp³-hybridized carbons (Fsp3) is 0.500. The highest BCUT2D eigenvalue weighted by Gasteiger charge is 2.25. The standard InChI is InChI=1S/C12H16BrN/c1-8-4-10(3)12(11(13)5-8)14-6-9(2)7-14/h4-5,9H,6-7H2,1-3H3.